The largest absolute Gasteiger partial charge is 0.481 e. The van der Waals surface area contributed by atoms with E-state index in [2.05, 4.69) is 20.9 Å². The fourth-order valence-corrected chi connectivity index (χ4v) is 5.02. The van der Waals surface area contributed by atoms with Crippen LogP contribution in [0.15, 0.2) is 60.8 Å². The second-order valence-corrected chi connectivity index (χ2v) is 11.1. The molecule has 0 radical (unpaired) electrons. The zero-order chi connectivity index (χ0) is 31.4. The van der Waals surface area contributed by atoms with E-state index in [1.165, 1.54) is 11.8 Å². The summed E-state index contributed by atoms with van der Waals surface area (Å²) >= 11 is 1.43. The number of aliphatic carboxylic acids is 2. The number of thioether (sulfide) groups is 1. The van der Waals surface area contributed by atoms with E-state index in [0.717, 1.165) is 16.5 Å². The van der Waals surface area contributed by atoms with E-state index in [-0.39, 0.29) is 25.7 Å². The molecule has 0 aliphatic rings. The lowest BCUT2D eigenvalue weighted by Crippen LogP contribution is -2.57. The molecule has 1 heterocycles. The monoisotopic (exact) mass is 611 g/mol. The molecule has 3 amide bonds. The molecule has 0 bridgehead atoms. The quantitative estimate of drug-likeness (QED) is 0.118. The molecule has 4 atom stereocenters. The van der Waals surface area contributed by atoms with Crippen molar-refractivity contribution in [2.45, 2.75) is 56.3 Å². The van der Waals surface area contributed by atoms with Crippen LogP contribution >= 0.6 is 11.8 Å². The normalized spacial score (nSPS) is 13.8. The zero-order valence-corrected chi connectivity index (χ0v) is 24.6. The lowest BCUT2D eigenvalue weighted by molar-refractivity contribution is -0.142. The highest BCUT2D eigenvalue weighted by Crippen LogP contribution is 2.19. The number of carbonyl (C=O) groups is 5. The summed E-state index contributed by atoms with van der Waals surface area (Å²) in [6.45, 7) is 0. The summed E-state index contributed by atoms with van der Waals surface area (Å²) in [6, 6.07) is 11.6. The average Bonchev–Trinajstić information content (AvgIpc) is 3.39. The number of amides is 3. The standard InChI is InChI=1S/C30H37N5O7S/c1-43-14-13-24(29(40)35-25(30(41)42)15-18-7-3-2-4-8-18)34-28(39)23(11-12-26(36)37)33-27(38)21(31)16-19-17-32-22-10-6-5-9-20(19)22/h2-10,17,21,23-25,32H,11-16,31H2,1H3,(H,33,38)(H,34,39)(H,35,40)(H,36,37)(H,41,42). The van der Waals surface area contributed by atoms with Gasteiger partial charge in [0.25, 0.3) is 0 Å². The Bertz CT molecular complexity index is 1410. The number of nitrogens with two attached hydrogens (primary N) is 1. The van der Waals surface area contributed by atoms with Crippen molar-refractivity contribution >= 4 is 52.3 Å². The van der Waals surface area contributed by atoms with Crippen molar-refractivity contribution < 1.29 is 34.2 Å². The average molecular weight is 612 g/mol. The first-order valence-electron chi connectivity index (χ1n) is 13.8. The van der Waals surface area contributed by atoms with E-state index in [1.807, 2.05) is 30.5 Å². The van der Waals surface area contributed by atoms with E-state index in [1.54, 1.807) is 36.5 Å². The third-order valence-electron chi connectivity index (χ3n) is 6.87. The molecule has 12 nitrogen and oxygen atoms in total. The number of hydrogen-bond acceptors (Lipinski definition) is 7. The van der Waals surface area contributed by atoms with Gasteiger partial charge in [-0.2, -0.15) is 11.8 Å². The van der Waals surface area contributed by atoms with E-state index >= 15 is 0 Å². The van der Waals surface area contributed by atoms with Crippen LogP contribution in [-0.4, -0.2) is 81.0 Å². The lowest BCUT2D eigenvalue weighted by atomic mass is 10.0. The SMILES string of the molecule is CSCCC(NC(=O)C(CCC(=O)O)NC(=O)C(N)Cc1c[nH]c2ccccc12)C(=O)NC(Cc1ccccc1)C(=O)O. The van der Waals surface area contributed by atoms with E-state index in [0.29, 0.717) is 11.3 Å². The van der Waals surface area contributed by atoms with Crippen LogP contribution in [-0.2, 0) is 36.8 Å². The van der Waals surface area contributed by atoms with Crippen LogP contribution in [0.3, 0.4) is 0 Å². The maximum atomic E-state index is 13.3. The molecule has 0 saturated carbocycles. The highest BCUT2D eigenvalue weighted by atomic mass is 32.2. The first kappa shape index (κ1) is 33.1. The molecule has 4 unspecified atom stereocenters. The van der Waals surface area contributed by atoms with Crippen molar-refractivity contribution in [1.82, 2.24) is 20.9 Å². The number of rotatable bonds is 17. The molecule has 0 fully saturated rings. The summed E-state index contributed by atoms with van der Waals surface area (Å²) in [6.07, 6.45) is 3.29. The molecular weight excluding hydrogens is 574 g/mol. The summed E-state index contributed by atoms with van der Waals surface area (Å²) in [7, 11) is 0. The molecule has 43 heavy (non-hydrogen) atoms. The predicted octanol–water partition coefficient (Wildman–Crippen LogP) is 1.44. The molecule has 13 heteroatoms. The molecule has 0 saturated heterocycles. The van der Waals surface area contributed by atoms with Gasteiger partial charge in [0.1, 0.15) is 18.1 Å². The Morgan fingerprint density at radius 2 is 1.42 bits per heavy atom. The summed E-state index contributed by atoms with van der Waals surface area (Å²) in [5.41, 5.74) is 8.57. The Kier molecular flexibility index (Phi) is 12.6. The molecule has 0 aliphatic heterocycles. The number of hydrogen-bond donors (Lipinski definition) is 7. The maximum absolute atomic E-state index is 13.3. The van der Waals surface area contributed by atoms with Crippen molar-refractivity contribution in [1.29, 1.82) is 0 Å². The second-order valence-electron chi connectivity index (χ2n) is 10.1. The Hall–Kier alpha value is -4.36. The molecular formula is C30H37N5O7S. The van der Waals surface area contributed by atoms with Crippen molar-refractivity contribution in [2.24, 2.45) is 5.73 Å². The molecule has 8 N–H and O–H groups in total. The first-order valence-corrected chi connectivity index (χ1v) is 15.2. The minimum absolute atomic E-state index is 0.0384. The minimum atomic E-state index is -1.29. The molecule has 3 rings (SSSR count). The van der Waals surface area contributed by atoms with Crippen LogP contribution in [0.25, 0.3) is 10.9 Å². The van der Waals surface area contributed by atoms with E-state index < -0.39 is 60.2 Å². The van der Waals surface area contributed by atoms with Crippen LogP contribution in [0.5, 0.6) is 0 Å². The fourth-order valence-electron chi connectivity index (χ4n) is 4.54. The van der Waals surface area contributed by atoms with E-state index in [9.17, 15) is 34.2 Å². The second kappa shape index (κ2) is 16.3. The summed E-state index contributed by atoms with van der Waals surface area (Å²) in [5, 5.41) is 27.5. The van der Waals surface area contributed by atoms with Crippen molar-refractivity contribution in [3.8, 4) is 0 Å². The highest BCUT2D eigenvalue weighted by molar-refractivity contribution is 7.98. The van der Waals surface area contributed by atoms with Gasteiger partial charge in [0.05, 0.1) is 6.04 Å². The van der Waals surface area contributed by atoms with Gasteiger partial charge in [-0.3, -0.25) is 19.2 Å². The van der Waals surface area contributed by atoms with Gasteiger partial charge in [0.15, 0.2) is 0 Å². The first-order chi connectivity index (χ1) is 20.6. The molecule has 0 spiro atoms. The number of carboxylic acids is 2. The predicted molar refractivity (Wildman–Crippen MR) is 163 cm³/mol. The smallest absolute Gasteiger partial charge is 0.326 e. The number of H-pyrrole nitrogens is 1. The van der Waals surface area contributed by atoms with Crippen LogP contribution in [0.4, 0.5) is 0 Å². The number of aromatic nitrogens is 1. The Morgan fingerprint density at radius 3 is 2.07 bits per heavy atom. The van der Waals surface area contributed by atoms with Gasteiger partial charge in [-0.15, -0.1) is 0 Å². The molecule has 230 valence electrons. The number of benzene rings is 2. The van der Waals surface area contributed by atoms with Gasteiger partial charge in [-0.05, 0) is 48.5 Å². The van der Waals surface area contributed by atoms with Crippen LogP contribution < -0.4 is 21.7 Å². The molecule has 1 aromatic heterocycles. The van der Waals surface area contributed by atoms with Gasteiger partial charge in [0.2, 0.25) is 17.7 Å². The number of carbonyl (C=O) groups excluding carboxylic acids is 3. The van der Waals surface area contributed by atoms with Gasteiger partial charge >= 0.3 is 11.9 Å². The third-order valence-corrected chi connectivity index (χ3v) is 7.52. The Morgan fingerprint density at radius 1 is 0.814 bits per heavy atom. The number of aromatic amines is 1. The maximum Gasteiger partial charge on any atom is 0.326 e. The van der Waals surface area contributed by atoms with Gasteiger partial charge in [-0.25, -0.2) is 4.79 Å². The number of para-hydroxylation sites is 1. The third kappa shape index (κ3) is 10.1. The number of fused-ring (bicyclic) bond motifs is 1. The van der Waals surface area contributed by atoms with E-state index in [4.69, 9.17) is 5.73 Å². The van der Waals surface area contributed by atoms with Crippen molar-refractivity contribution in [3.63, 3.8) is 0 Å². The molecule has 2 aromatic carbocycles. The van der Waals surface area contributed by atoms with Crippen LogP contribution in [0, 0.1) is 0 Å². The molecule has 0 aliphatic carbocycles. The summed E-state index contributed by atoms with van der Waals surface area (Å²) in [4.78, 5) is 65.9. The summed E-state index contributed by atoms with van der Waals surface area (Å²) in [5.74, 6) is -4.07. The van der Waals surface area contributed by atoms with Crippen LogP contribution in [0.1, 0.15) is 30.4 Å². The van der Waals surface area contributed by atoms with Crippen LogP contribution in [0.2, 0.25) is 0 Å². The number of nitrogens with one attached hydrogen (secondary N) is 4. The number of carboxylic acid groups (broad SMARTS) is 2. The Labute approximate surface area is 253 Å². The minimum Gasteiger partial charge on any atom is -0.481 e. The summed E-state index contributed by atoms with van der Waals surface area (Å²) < 4.78 is 0. The van der Waals surface area contributed by atoms with Gasteiger partial charge in [0, 0.05) is 29.9 Å². The van der Waals surface area contributed by atoms with Gasteiger partial charge < -0.3 is 36.9 Å². The fraction of sp³-hybridized carbons (Fsp3) is 0.367. The highest BCUT2D eigenvalue weighted by Gasteiger charge is 2.30. The van der Waals surface area contributed by atoms with Gasteiger partial charge in [-0.1, -0.05) is 48.5 Å². The lowest BCUT2D eigenvalue weighted by Gasteiger charge is -2.25. The topological polar surface area (TPSA) is 204 Å². The molecule has 3 aromatic rings. The van der Waals surface area contributed by atoms with Crippen molar-refractivity contribution in [3.05, 3.63) is 71.9 Å². The van der Waals surface area contributed by atoms with Crippen molar-refractivity contribution in [2.75, 3.05) is 12.0 Å². The Balaban J connectivity index is 1.70. The zero-order valence-electron chi connectivity index (χ0n) is 23.7.